The van der Waals surface area contributed by atoms with Crippen LogP contribution in [0.3, 0.4) is 0 Å². The fourth-order valence-corrected chi connectivity index (χ4v) is 8.70. The van der Waals surface area contributed by atoms with E-state index in [0.717, 1.165) is 58.8 Å². The lowest BCUT2D eigenvalue weighted by Gasteiger charge is -2.37. The first-order valence-electron chi connectivity index (χ1n) is 23.4. The number of nitriles is 1. The predicted octanol–water partition coefficient (Wildman–Crippen LogP) is 5.93. The summed E-state index contributed by atoms with van der Waals surface area (Å²) >= 11 is 0. The Labute approximate surface area is 404 Å². The van der Waals surface area contributed by atoms with Crippen LogP contribution in [-0.2, 0) is 25.7 Å². The van der Waals surface area contributed by atoms with Crippen LogP contribution in [0.2, 0.25) is 0 Å². The highest BCUT2D eigenvalue weighted by Crippen LogP contribution is 2.34. The van der Waals surface area contributed by atoms with Crippen LogP contribution in [-0.4, -0.2) is 102 Å². The second kappa shape index (κ2) is 23.2. The van der Waals surface area contributed by atoms with Crippen molar-refractivity contribution in [3.63, 3.8) is 0 Å². The van der Waals surface area contributed by atoms with E-state index in [-0.39, 0.29) is 54.4 Å². The molecule has 1 unspecified atom stereocenters. The van der Waals surface area contributed by atoms with Crippen LogP contribution in [0.4, 0.5) is 16.3 Å². The fraction of sp³-hybridized carbons (Fsp3) is 0.327. The SMILES string of the molecule is N#Cc1ccc(NC2CCC(N(C(=O)NCc3ccccc3)c3ccc(-c4ccc(OCCOCCCCNC(=O)COc5cccc6c5C(=O)N(C5CCC(=O)NC5=O)C6=O)nc4)cc3)CC2)nc1. The number of hydrogen-bond acceptors (Lipinski definition) is 13. The smallest absolute Gasteiger partial charge is 0.322 e. The maximum atomic E-state index is 13.9. The molecule has 18 heteroatoms. The molecule has 0 spiro atoms. The molecule has 3 aromatic carbocycles. The number of piperidine rings is 1. The zero-order valence-electron chi connectivity index (χ0n) is 38.4. The number of amides is 7. The van der Waals surface area contributed by atoms with Crippen LogP contribution in [0.25, 0.3) is 11.1 Å². The number of fused-ring (bicyclic) bond motifs is 1. The first kappa shape index (κ1) is 48.3. The second-order valence-corrected chi connectivity index (χ2v) is 17.1. The molecule has 18 nitrogen and oxygen atoms in total. The van der Waals surface area contributed by atoms with Crippen molar-refractivity contribution < 1.29 is 43.0 Å². The summed E-state index contributed by atoms with van der Waals surface area (Å²) in [5.74, 6) is -1.71. The Hall–Kier alpha value is -8.17. The Bertz CT molecular complexity index is 2710. The summed E-state index contributed by atoms with van der Waals surface area (Å²) in [5, 5.41) is 20.7. The largest absolute Gasteiger partial charge is 0.483 e. The lowest BCUT2D eigenvalue weighted by Crippen LogP contribution is -2.54. The van der Waals surface area contributed by atoms with Crippen molar-refractivity contribution in [1.82, 2.24) is 30.8 Å². The highest BCUT2D eigenvalue weighted by Gasteiger charge is 2.46. The minimum atomic E-state index is -1.10. The molecule has 2 aromatic heterocycles. The number of ether oxygens (including phenoxy) is 3. The number of rotatable bonds is 20. The van der Waals surface area contributed by atoms with Gasteiger partial charge in [-0.1, -0.05) is 48.5 Å². The highest BCUT2D eigenvalue weighted by atomic mass is 16.5. The zero-order chi connectivity index (χ0) is 48.8. The third-order valence-electron chi connectivity index (χ3n) is 12.3. The lowest BCUT2D eigenvalue weighted by molar-refractivity contribution is -0.136. The molecule has 5 aromatic rings. The summed E-state index contributed by atoms with van der Waals surface area (Å²) in [5.41, 5.74) is 4.22. The van der Waals surface area contributed by atoms with Crippen molar-refractivity contribution in [2.24, 2.45) is 0 Å². The van der Waals surface area contributed by atoms with Crippen LogP contribution in [0.15, 0.2) is 109 Å². The van der Waals surface area contributed by atoms with Crippen molar-refractivity contribution in [2.75, 3.05) is 43.2 Å². The number of urea groups is 1. The monoisotopic (exact) mass is 947 g/mol. The van der Waals surface area contributed by atoms with E-state index in [1.807, 2.05) is 71.6 Å². The molecule has 1 saturated carbocycles. The molecule has 2 fully saturated rings. The van der Waals surface area contributed by atoms with Gasteiger partial charge in [0, 0.05) is 67.9 Å². The number of imide groups is 2. The molecular formula is C52H53N9O9. The van der Waals surface area contributed by atoms with Gasteiger partial charge in [-0.2, -0.15) is 5.26 Å². The molecule has 0 radical (unpaired) electrons. The minimum absolute atomic E-state index is 0.00520. The topological polar surface area (TPSA) is 234 Å². The standard InChI is InChI=1S/C52H53N9O9/c53-29-35-11-22-44(55-31-35)58-38-15-19-40(20-16-38)60(52(67)57-30-34-7-2-1-3-8-34)39-17-12-36(13-18-39)37-14-24-47(56-32-37)69-28-27-68-26-5-4-25-54-46(63)33-70-43-10-6-9-41-48(43)51(66)61(50(41)65)42-21-23-45(62)59-49(42)64/h1-3,6-14,17-18,22,24,31-32,38,40,42H,4-5,15-16,19-21,23,25-28,30,33H2,(H,54,63)(H,55,58)(H,57,67)(H,59,62,64). The Balaban J connectivity index is 0.737. The summed E-state index contributed by atoms with van der Waals surface area (Å²) in [7, 11) is 0. The second-order valence-electron chi connectivity index (χ2n) is 17.1. The van der Waals surface area contributed by atoms with Gasteiger partial charge < -0.3 is 30.2 Å². The van der Waals surface area contributed by atoms with E-state index in [4.69, 9.17) is 19.5 Å². The Morgan fingerprint density at radius 3 is 2.30 bits per heavy atom. The van der Waals surface area contributed by atoms with Crippen molar-refractivity contribution in [1.29, 1.82) is 5.26 Å². The summed E-state index contributed by atoms with van der Waals surface area (Å²) in [4.78, 5) is 88.3. The quantitative estimate of drug-likeness (QED) is 0.0524. The van der Waals surface area contributed by atoms with Gasteiger partial charge in [0.2, 0.25) is 17.7 Å². The van der Waals surface area contributed by atoms with E-state index in [1.165, 1.54) is 18.2 Å². The third-order valence-corrected chi connectivity index (χ3v) is 12.3. The van der Waals surface area contributed by atoms with Gasteiger partial charge in [-0.3, -0.25) is 39.1 Å². The maximum Gasteiger partial charge on any atom is 0.322 e. The Morgan fingerprint density at radius 2 is 1.57 bits per heavy atom. The average molecular weight is 948 g/mol. The Morgan fingerprint density at radius 1 is 0.771 bits per heavy atom. The molecule has 2 aliphatic heterocycles. The van der Waals surface area contributed by atoms with Crippen LogP contribution < -0.4 is 35.6 Å². The van der Waals surface area contributed by atoms with Gasteiger partial charge in [-0.05, 0) is 98.5 Å². The highest BCUT2D eigenvalue weighted by molar-refractivity contribution is 6.24. The molecule has 4 N–H and O–H groups in total. The molecule has 1 saturated heterocycles. The Kier molecular flexibility index (Phi) is 16.0. The summed E-state index contributed by atoms with van der Waals surface area (Å²) in [6.07, 6.45) is 7.99. The average Bonchev–Trinajstić information content (AvgIpc) is 3.64. The summed E-state index contributed by atoms with van der Waals surface area (Å²) in [6, 6.07) is 30.6. The molecular weight excluding hydrogens is 895 g/mol. The molecule has 7 amide bonds. The predicted molar refractivity (Wildman–Crippen MR) is 257 cm³/mol. The van der Waals surface area contributed by atoms with Crippen LogP contribution >= 0.6 is 0 Å². The van der Waals surface area contributed by atoms with Gasteiger partial charge in [0.1, 0.15) is 30.3 Å². The first-order chi connectivity index (χ1) is 34.1. The molecule has 1 atom stereocenters. The van der Waals surface area contributed by atoms with Gasteiger partial charge >= 0.3 is 6.03 Å². The van der Waals surface area contributed by atoms with Gasteiger partial charge in [0.05, 0.1) is 23.3 Å². The molecule has 1 aliphatic carbocycles. The zero-order valence-corrected chi connectivity index (χ0v) is 38.4. The van der Waals surface area contributed by atoms with Crippen LogP contribution in [0.5, 0.6) is 11.6 Å². The molecule has 3 aliphatic rings. The molecule has 70 heavy (non-hydrogen) atoms. The van der Waals surface area contributed by atoms with E-state index in [1.54, 1.807) is 24.5 Å². The molecule has 4 heterocycles. The number of carbonyl (C=O) groups is 6. The van der Waals surface area contributed by atoms with Gasteiger partial charge in [-0.25, -0.2) is 14.8 Å². The molecule has 8 rings (SSSR count). The number of benzene rings is 3. The first-order valence-corrected chi connectivity index (χ1v) is 23.4. The van der Waals surface area contributed by atoms with Gasteiger partial charge in [0.25, 0.3) is 17.7 Å². The van der Waals surface area contributed by atoms with Crippen molar-refractivity contribution in [3.8, 4) is 28.8 Å². The number of pyridine rings is 2. The third kappa shape index (κ3) is 12.1. The van der Waals surface area contributed by atoms with E-state index in [2.05, 4.69) is 37.3 Å². The molecule has 360 valence electrons. The lowest BCUT2D eigenvalue weighted by atomic mass is 9.89. The van der Waals surface area contributed by atoms with Gasteiger partial charge in [0.15, 0.2) is 6.61 Å². The number of hydrogen-bond donors (Lipinski definition) is 4. The molecule has 0 bridgehead atoms. The maximum absolute atomic E-state index is 13.9. The van der Waals surface area contributed by atoms with Crippen molar-refractivity contribution >= 4 is 47.1 Å². The van der Waals surface area contributed by atoms with E-state index < -0.39 is 35.6 Å². The van der Waals surface area contributed by atoms with Crippen LogP contribution in [0.1, 0.15) is 83.2 Å². The van der Waals surface area contributed by atoms with Crippen molar-refractivity contribution in [2.45, 2.75) is 76.0 Å². The fourth-order valence-electron chi connectivity index (χ4n) is 8.70. The van der Waals surface area contributed by atoms with Crippen molar-refractivity contribution in [3.05, 3.63) is 132 Å². The number of carbonyl (C=O) groups excluding carboxylic acids is 6. The van der Waals surface area contributed by atoms with E-state index in [9.17, 15) is 28.8 Å². The van der Waals surface area contributed by atoms with E-state index in [0.29, 0.717) is 57.2 Å². The summed E-state index contributed by atoms with van der Waals surface area (Å²) < 4.78 is 17.2. The number of nitrogens with zero attached hydrogens (tertiary/aromatic N) is 5. The summed E-state index contributed by atoms with van der Waals surface area (Å²) in [6.45, 7) is 1.49. The number of unbranched alkanes of at least 4 members (excludes halogenated alkanes) is 1. The number of aromatic nitrogens is 2. The van der Waals surface area contributed by atoms with Crippen LogP contribution in [0, 0.1) is 11.3 Å². The number of anilines is 2. The number of nitrogens with one attached hydrogen (secondary N) is 4. The van der Waals surface area contributed by atoms with Gasteiger partial charge in [-0.15, -0.1) is 0 Å². The normalized spacial score (nSPS) is 17.5. The van der Waals surface area contributed by atoms with E-state index >= 15 is 0 Å². The minimum Gasteiger partial charge on any atom is -0.483 e.